The zero-order chi connectivity index (χ0) is 19.0. The van der Waals surface area contributed by atoms with E-state index in [2.05, 4.69) is 79.4 Å². The van der Waals surface area contributed by atoms with Crippen LogP contribution in [0, 0.1) is 6.92 Å². The van der Waals surface area contributed by atoms with Gasteiger partial charge in [-0.2, -0.15) is 0 Å². The molecule has 4 heteroatoms. The first-order chi connectivity index (χ1) is 12.9. The topological polar surface area (TPSA) is 35.0 Å². The molecule has 0 N–H and O–H groups in total. The second-order valence-electron chi connectivity index (χ2n) is 7.75. The largest absolute Gasteiger partial charge is 0.438 e. The molecule has 2 aromatic carbocycles. The minimum absolute atomic E-state index is 0.118. The van der Waals surface area contributed by atoms with Crippen LogP contribution in [0.1, 0.15) is 31.9 Å². The monoisotopic (exact) mass is 374 g/mol. The molecule has 2 aromatic heterocycles. The van der Waals surface area contributed by atoms with Crippen molar-refractivity contribution in [3.63, 3.8) is 0 Å². The molecule has 3 nitrogen and oxygen atoms in total. The molecule has 0 aliphatic carbocycles. The Balaban J connectivity index is 1.74. The molecule has 0 aliphatic heterocycles. The van der Waals surface area contributed by atoms with Gasteiger partial charge in [-0.05, 0) is 35.6 Å². The summed E-state index contributed by atoms with van der Waals surface area (Å²) in [6.07, 6.45) is 1.57. The Labute approximate surface area is 163 Å². The molecule has 136 valence electrons. The Bertz CT molecular complexity index is 1070. The van der Waals surface area contributed by atoms with Crippen LogP contribution in [-0.4, -0.2) is 9.97 Å². The molecule has 0 aliphatic rings. The average molecular weight is 375 g/mol. The number of hydrogen-bond acceptors (Lipinski definition) is 4. The minimum atomic E-state index is 0.118. The Morgan fingerprint density at radius 1 is 0.889 bits per heavy atom. The van der Waals surface area contributed by atoms with Crippen molar-refractivity contribution in [1.29, 1.82) is 0 Å². The maximum Gasteiger partial charge on any atom is 0.231 e. The molecule has 4 rings (SSSR count). The molecule has 27 heavy (non-hydrogen) atoms. The number of thiophene rings is 1. The van der Waals surface area contributed by atoms with Gasteiger partial charge in [0.15, 0.2) is 0 Å². The van der Waals surface area contributed by atoms with Crippen molar-refractivity contribution in [2.45, 2.75) is 33.1 Å². The number of nitrogens with zero attached hydrogens (tertiary/aromatic N) is 2. The van der Waals surface area contributed by atoms with Gasteiger partial charge in [-0.25, -0.2) is 9.97 Å². The number of hydrogen-bond donors (Lipinski definition) is 0. The van der Waals surface area contributed by atoms with E-state index in [4.69, 9.17) is 4.74 Å². The fourth-order valence-corrected chi connectivity index (χ4v) is 3.91. The molecule has 0 spiro atoms. The fourth-order valence-electron chi connectivity index (χ4n) is 3.01. The summed E-state index contributed by atoms with van der Waals surface area (Å²) < 4.78 is 6.16. The second-order valence-corrected chi connectivity index (χ2v) is 8.61. The molecule has 0 saturated heterocycles. The zero-order valence-corrected chi connectivity index (χ0v) is 16.8. The van der Waals surface area contributed by atoms with Crippen LogP contribution in [0.15, 0.2) is 60.2 Å². The van der Waals surface area contributed by atoms with E-state index in [0.717, 1.165) is 27.1 Å². The van der Waals surface area contributed by atoms with E-state index in [1.807, 2.05) is 12.1 Å². The lowest BCUT2D eigenvalue weighted by molar-refractivity contribution is 0.467. The number of ether oxygens (including phenoxy) is 1. The highest BCUT2D eigenvalue weighted by Gasteiger charge is 2.16. The predicted octanol–water partition coefficient (Wildman–Crippen LogP) is 6.76. The van der Waals surface area contributed by atoms with Crippen molar-refractivity contribution < 1.29 is 4.74 Å². The second kappa shape index (κ2) is 6.78. The summed E-state index contributed by atoms with van der Waals surface area (Å²) in [5, 5.41) is 3.09. The van der Waals surface area contributed by atoms with E-state index in [-0.39, 0.29) is 5.41 Å². The van der Waals surface area contributed by atoms with Crippen LogP contribution in [0.5, 0.6) is 11.6 Å². The van der Waals surface area contributed by atoms with E-state index in [1.54, 1.807) is 17.7 Å². The summed E-state index contributed by atoms with van der Waals surface area (Å²) in [5.41, 5.74) is 4.89. The first-order valence-corrected chi connectivity index (χ1v) is 9.87. The summed E-state index contributed by atoms with van der Waals surface area (Å²) in [6.45, 7) is 8.70. The third-order valence-electron chi connectivity index (χ3n) is 4.63. The smallest absolute Gasteiger partial charge is 0.231 e. The zero-order valence-electron chi connectivity index (χ0n) is 16.0. The molecule has 0 radical (unpaired) electrons. The van der Waals surface area contributed by atoms with Crippen LogP contribution in [0.3, 0.4) is 0 Å². The molecule has 0 unspecified atom stereocenters. The van der Waals surface area contributed by atoms with Gasteiger partial charge in [0.2, 0.25) is 5.88 Å². The van der Waals surface area contributed by atoms with Gasteiger partial charge in [0.1, 0.15) is 16.9 Å². The highest BCUT2D eigenvalue weighted by Crippen LogP contribution is 2.39. The SMILES string of the molecule is Cc1ccc(-c2csc3ncnc(Oc4ccc(C(C)(C)C)cc4)c23)cc1. The van der Waals surface area contributed by atoms with Crippen molar-refractivity contribution in [2.24, 2.45) is 0 Å². The predicted molar refractivity (Wildman–Crippen MR) is 113 cm³/mol. The van der Waals surface area contributed by atoms with Gasteiger partial charge in [-0.15, -0.1) is 11.3 Å². The average Bonchev–Trinajstić information content (AvgIpc) is 3.07. The fraction of sp³-hybridized carbons (Fsp3) is 0.217. The van der Waals surface area contributed by atoms with Crippen LogP contribution in [0.4, 0.5) is 0 Å². The maximum absolute atomic E-state index is 6.16. The maximum atomic E-state index is 6.16. The molecular weight excluding hydrogens is 352 g/mol. The Kier molecular flexibility index (Phi) is 4.44. The Morgan fingerprint density at radius 2 is 1.59 bits per heavy atom. The van der Waals surface area contributed by atoms with Crippen molar-refractivity contribution in [3.05, 3.63) is 71.4 Å². The van der Waals surface area contributed by atoms with E-state index in [0.29, 0.717) is 5.88 Å². The van der Waals surface area contributed by atoms with Crippen molar-refractivity contribution in [3.8, 4) is 22.8 Å². The number of aryl methyl sites for hydroxylation is 1. The van der Waals surface area contributed by atoms with Crippen LogP contribution in [-0.2, 0) is 5.41 Å². The van der Waals surface area contributed by atoms with Gasteiger partial charge < -0.3 is 4.74 Å². The van der Waals surface area contributed by atoms with E-state index in [9.17, 15) is 0 Å². The van der Waals surface area contributed by atoms with Crippen LogP contribution < -0.4 is 4.74 Å². The molecule has 0 fully saturated rings. The molecule has 0 saturated carbocycles. The Hall–Kier alpha value is -2.72. The first-order valence-electron chi connectivity index (χ1n) is 8.99. The highest BCUT2D eigenvalue weighted by atomic mass is 32.1. The molecule has 4 aromatic rings. The number of benzene rings is 2. The highest BCUT2D eigenvalue weighted by molar-refractivity contribution is 7.17. The third-order valence-corrected chi connectivity index (χ3v) is 5.52. The van der Waals surface area contributed by atoms with Gasteiger partial charge in [0, 0.05) is 10.9 Å². The standard InChI is InChI=1S/C23H22N2OS/c1-15-5-7-16(8-6-15)19-13-27-22-20(19)21(24-14-25-22)26-18-11-9-17(10-12-18)23(2,3)4/h5-14H,1-4H3. The van der Waals surface area contributed by atoms with Gasteiger partial charge >= 0.3 is 0 Å². The summed E-state index contributed by atoms with van der Waals surface area (Å²) in [4.78, 5) is 9.78. The molecule has 2 heterocycles. The van der Waals surface area contributed by atoms with Gasteiger partial charge in [-0.1, -0.05) is 62.7 Å². The lowest BCUT2D eigenvalue weighted by atomic mass is 9.87. The van der Waals surface area contributed by atoms with E-state index < -0.39 is 0 Å². The van der Waals surface area contributed by atoms with Crippen molar-refractivity contribution >= 4 is 21.6 Å². The number of aromatic nitrogens is 2. The molecule has 0 amide bonds. The van der Waals surface area contributed by atoms with Crippen molar-refractivity contribution in [1.82, 2.24) is 9.97 Å². The third kappa shape index (κ3) is 3.58. The van der Waals surface area contributed by atoms with Crippen LogP contribution in [0.2, 0.25) is 0 Å². The quantitative estimate of drug-likeness (QED) is 0.397. The van der Waals surface area contributed by atoms with Crippen LogP contribution >= 0.6 is 11.3 Å². The van der Waals surface area contributed by atoms with Gasteiger partial charge in [0.25, 0.3) is 0 Å². The Morgan fingerprint density at radius 3 is 2.26 bits per heavy atom. The van der Waals surface area contributed by atoms with Crippen molar-refractivity contribution in [2.75, 3.05) is 0 Å². The summed E-state index contributed by atoms with van der Waals surface area (Å²) in [5.74, 6) is 1.38. The first kappa shape index (κ1) is 17.7. The summed E-state index contributed by atoms with van der Waals surface area (Å²) in [7, 11) is 0. The van der Waals surface area contributed by atoms with Gasteiger partial charge in [0.05, 0.1) is 5.39 Å². The lowest BCUT2D eigenvalue weighted by Crippen LogP contribution is -2.10. The van der Waals surface area contributed by atoms with E-state index >= 15 is 0 Å². The molecular formula is C23H22N2OS. The lowest BCUT2D eigenvalue weighted by Gasteiger charge is -2.19. The number of fused-ring (bicyclic) bond motifs is 1. The van der Waals surface area contributed by atoms with E-state index in [1.165, 1.54) is 11.1 Å². The van der Waals surface area contributed by atoms with Gasteiger partial charge in [-0.3, -0.25) is 0 Å². The normalized spacial score (nSPS) is 11.7. The van der Waals surface area contributed by atoms with Crippen LogP contribution in [0.25, 0.3) is 21.3 Å². The minimum Gasteiger partial charge on any atom is -0.438 e. The summed E-state index contributed by atoms with van der Waals surface area (Å²) in [6, 6.07) is 16.7. The summed E-state index contributed by atoms with van der Waals surface area (Å²) >= 11 is 1.61. The molecule has 0 bridgehead atoms. The number of rotatable bonds is 3. The molecule has 0 atom stereocenters.